The average molecular weight is 481 g/mol. The summed E-state index contributed by atoms with van der Waals surface area (Å²) in [5.74, 6) is -2.37. The number of hydrogen-bond donors (Lipinski definition) is 1. The summed E-state index contributed by atoms with van der Waals surface area (Å²) in [7, 11) is 1.38. The number of nitrogens with zero attached hydrogens (tertiary/aromatic N) is 3. The Morgan fingerprint density at radius 2 is 1.69 bits per heavy atom. The van der Waals surface area contributed by atoms with Crippen LogP contribution < -0.4 is 9.64 Å². The van der Waals surface area contributed by atoms with Crippen LogP contribution in [0.15, 0.2) is 54.9 Å². The molecular weight excluding hydrogens is 459 g/mol. The fourth-order valence-corrected chi connectivity index (χ4v) is 4.26. The van der Waals surface area contributed by atoms with Gasteiger partial charge in [0.15, 0.2) is 0 Å². The molecule has 0 amide bonds. The Balaban J connectivity index is 1.57. The number of ether oxygens (including phenoxy) is 2. The second kappa shape index (κ2) is 9.52. The minimum absolute atomic E-state index is 0.0270. The molecule has 0 radical (unpaired) electrons. The van der Waals surface area contributed by atoms with Crippen molar-refractivity contribution in [3.8, 4) is 17.0 Å². The molecule has 35 heavy (non-hydrogen) atoms. The molecule has 3 aromatic carbocycles. The highest BCUT2D eigenvalue weighted by Crippen LogP contribution is 2.35. The third-order valence-electron chi connectivity index (χ3n) is 6.13. The standard InChI is InChI=1S/C26H22F3N3O3/c1-34-16-3-5-17(21(27)11-16)26(33)20-12-19(22(28)13-23(20)29)25-18-4-2-15(10-24(18)30-14-31-25)32-6-8-35-9-7-32/h2-5,10-14,26,33H,6-9H2,1H3. The highest BCUT2D eigenvalue weighted by Gasteiger charge is 2.23. The Morgan fingerprint density at radius 1 is 0.914 bits per heavy atom. The lowest BCUT2D eigenvalue weighted by Crippen LogP contribution is -2.36. The molecule has 2 heterocycles. The van der Waals surface area contributed by atoms with Crippen molar-refractivity contribution in [1.29, 1.82) is 0 Å². The van der Waals surface area contributed by atoms with Gasteiger partial charge in [0, 0.05) is 53.0 Å². The van der Waals surface area contributed by atoms with Crippen LogP contribution in [0.1, 0.15) is 17.2 Å². The summed E-state index contributed by atoms with van der Waals surface area (Å²) >= 11 is 0. The molecule has 6 nitrogen and oxygen atoms in total. The molecule has 0 bridgehead atoms. The van der Waals surface area contributed by atoms with Crippen molar-refractivity contribution in [2.24, 2.45) is 0 Å². The second-order valence-corrected chi connectivity index (χ2v) is 8.17. The fourth-order valence-electron chi connectivity index (χ4n) is 4.26. The molecule has 1 N–H and O–H groups in total. The minimum atomic E-state index is -1.67. The lowest BCUT2D eigenvalue weighted by molar-refractivity contribution is 0.122. The number of fused-ring (bicyclic) bond motifs is 1. The summed E-state index contributed by atoms with van der Waals surface area (Å²) in [5.41, 5.74) is 1.32. The summed E-state index contributed by atoms with van der Waals surface area (Å²) in [5, 5.41) is 11.3. The minimum Gasteiger partial charge on any atom is -0.497 e. The lowest BCUT2D eigenvalue weighted by atomic mass is 9.96. The second-order valence-electron chi connectivity index (χ2n) is 8.17. The van der Waals surface area contributed by atoms with Crippen LogP contribution in [0.3, 0.4) is 0 Å². The first-order chi connectivity index (χ1) is 17.0. The van der Waals surface area contributed by atoms with Gasteiger partial charge in [0.2, 0.25) is 0 Å². The van der Waals surface area contributed by atoms with Gasteiger partial charge in [-0.25, -0.2) is 23.1 Å². The molecule has 1 atom stereocenters. The fraction of sp³-hybridized carbons (Fsp3) is 0.231. The third-order valence-corrected chi connectivity index (χ3v) is 6.13. The molecule has 0 saturated carbocycles. The summed E-state index contributed by atoms with van der Waals surface area (Å²) in [4.78, 5) is 10.7. The SMILES string of the molecule is COc1ccc(C(O)c2cc(-c3ncnc4cc(N5CCOCC5)ccc34)c(F)cc2F)c(F)c1. The van der Waals surface area contributed by atoms with E-state index in [-0.39, 0.29) is 28.1 Å². The number of halogens is 3. The number of rotatable bonds is 5. The molecule has 5 rings (SSSR count). The van der Waals surface area contributed by atoms with E-state index in [4.69, 9.17) is 9.47 Å². The van der Waals surface area contributed by atoms with Crippen molar-refractivity contribution in [2.45, 2.75) is 6.10 Å². The number of methoxy groups -OCH3 is 1. The monoisotopic (exact) mass is 481 g/mol. The number of morpholine rings is 1. The van der Waals surface area contributed by atoms with E-state index in [2.05, 4.69) is 14.9 Å². The van der Waals surface area contributed by atoms with Crippen molar-refractivity contribution < 1.29 is 27.8 Å². The van der Waals surface area contributed by atoms with Gasteiger partial charge in [0.1, 0.15) is 35.6 Å². The lowest BCUT2D eigenvalue weighted by Gasteiger charge is -2.29. The van der Waals surface area contributed by atoms with Crippen molar-refractivity contribution in [1.82, 2.24) is 9.97 Å². The highest BCUT2D eigenvalue weighted by atomic mass is 19.1. The Kier molecular flexibility index (Phi) is 6.27. The van der Waals surface area contributed by atoms with Gasteiger partial charge < -0.3 is 19.5 Å². The van der Waals surface area contributed by atoms with Crippen LogP contribution in [0.25, 0.3) is 22.2 Å². The predicted octanol–water partition coefficient (Wildman–Crippen LogP) is 4.64. The maximum Gasteiger partial charge on any atom is 0.135 e. The smallest absolute Gasteiger partial charge is 0.135 e. The first kappa shape index (κ1) is 23.1. The normalized spacial score (nSPS) is 14.8. The number of hydrogen-bond acceptors (Lipinski definition) is 6. The number of aromatic nitrogens is 2. The summed E-state index contributed by atoms with van der Waals surface area (Å²) in [6.45, 7) is 2.76. The van der Waals surface area contributed by atoms with Crippen molar-refractivity contribution in [2.75, 3.05) is 38.3 Å². The molecule has 9 heteroatoms. The van der Waals surface area contributed by atoms with E-state index in [1.807, 2.05) is 12.1 Å². The first-order valence-electron chi connectivity index (χ1n) is 11.0. The zero-order valence-corrected chi connectivity index (χ0v) is 18.8. The van der Waals surface area contributed by atoms with E-state index in [0.717, 1.165) is 30.9 Å². The third kappa shape index (κ3) is 4.40. The quantitative estimate of drug-likeness (QED) is 0.448. The van der Waals surface area contributed by atoms with Gasteiger partial charge in [-0.05, 0) is 36.4 Å². The van der Waals surface area contributed by atoms with Gasteiger partial charge in [-0.2, -0.15) is 0 Å². The molecule has 180 valence electrons. The van der Waals surface area contributed by atoms with Gasteiger partial charge in [-0.15, -0.1) is 0 Å². The van der Waals surface area contributed by atoms with Crippen LogP contribution >= 0.6 is 0 Å². The largest absolute Gasteiger partial charge is 0.497 e. The van der Waals surface area contributed by atoms with Gasteiger partial charge in [-0.3, -0.25) is 0 Å². The number of aliphatic hydroxyl groups excluding tert-OH is 1. The molecule has 0 aliphatic carbocycles. The first-order valence-corrected chi connectivity index (χ1v) is 11.0. The van der Waals surface area contributed by atoms with E-state index in [0.29, 0.717) is 30.2 Å². The van der Waals surface area contributed by atoms with Gasteiger partial charge in [0.25, 0.3) is 0 Å². The summed E-state index contributed by atoms with van der Waals surface area (Å²) < 4.78 is 54.6. The molecule has 1 aromatic heterocycles. The molecule has 4 aromatic rings. The number of aliphatic hydroxyl groups is 1. The van der Waals surface area contributed by atoms with E-state index >= 15 is 0 Å². The van der Waals surface area contributed by atoms with Crippen molar-refractivity contribution in [3.05, 3.63) is 83.4 Å². The van der Waals surface area contributed by atoms with E-state index < -0.39 is 23.6 Å². The Labute approximate surface area is 199 Å². The maximum atomic E-state index is 15.0. The average Bonchev–Trinajstić information content (AvgIpc) is 2.88. The Bertz CT molecular complexity index is 1390. The molecule has 0 spiro atoms. The Morgan fingerprint density at radius 3 is 2.43 bits per heavy atom. The van der Waals surface area contributed by atoms with Gasteiger partial charge in [-0.1, -0.05) is 0 Å². The van der Waals surface area contributed by atoms with E-state index in [1.54, 1.807) is 6.07 Å². The van der Waals surface area contributed by atoms with E-state index in [1.165, 1.54) is 25.6 Å². The number of benzene rings is 3. The predicted molar refractivity (Wildman–Crippen MR) is 125 cm³/mol. The van der Waals surface area contributed by atoms with Gasteiger partial charge in [0.05, 0.1) is 31.5 Å². The van der Waals surface area contributed by atoms with E-state index in [9.17, 15) is 18.3 Å². The van der Waals surface area contributed by atoms with Crippen LogP contribution in [0.2, 0.25) is 0 Å². The zero-order valence-electron chi connectivity index (χ0n) is 18.8. The van der Waals surface area contributed by atoms with Crippen LogP contribution in [-0.2, 0) is 4.74 Å². The maximum absolute atomic E-state index is 15.0. The van der Waals surface area contributed by atoms with Crippen molar-refractivity contribution >= 4 is 16.6 Å². The topological polar surface area (TPSA) is 67.7 Å². The van der Waals surface area contributed by atoms with Crippen LogP contribution in [0.4, 0.5) is 18.9 Å². The molecule has 1 aliphatic heterocycles. The Hall–Kier alpha value is -3.69. The zero-order chi connectivity index (χ0) is 24.5. The molecule has 1 fully saturated rings. The summed E-state index contributed by atoms with van der Waals surface area (Å²) in [6.07, 6.45) is -0.357. The van der Waals surface area contributed by atoms with Crippen LogP contribution in [0, 0.1) is 17.5 Å². The summed E-state index contributed by atoms with van der Waals surface area (Å²) in [6, 6.07) is 11.2. The van der Waals surface area contributed by atoms with Gasteiger partial charge >= 0.3 is 0 Å². The molecular formula is C26H22F3N3O3. The van der Waals surface area contributed by atoms with Crippen molar-refractivity contribution in [3.63, 3.8) is 0 Å². The van der Waals surface area contributed by atoms with Crippen LogP contribution in [0.5, 0.6) is 5.75 Å². The molecule has 1 unspecified atom stereocenters. The molecule has 1 saturated heterocycles. The highest BCUT2D eigenvalue weighted by molar-refractivity contribution is 5.94. The van der Waals surface area contributed by atoms with Crippen LogP contribution in [-0.4, -0.2) is 48.5 Å². The molecule has 1 aliphatic rings. The number of anilines is 1.